The molecule has 0 spiro atoms. The predicted molar refractivity (Wildman–Crippen MR) is 92.0 cm³/mol. The van der Waals surface area contributed by atoms with Crippen molar-refractivity contribution < 1.29 is 18.4 Å². The summed E-state index contributed by atoms with van der Waals surface area (Å²) in [6, 6.07) is 6.46. The van der Waals surface area contributed by atoms with Crippen molar-refractivity contribution in [1.82, 2.24) is 9.97 Å². The summed E-state index contributed by atoms with van der Waals surface area (Å²) in [6.07, 6.45) is 3.02. The molecule has 0 saturated heterocycles. The van der Waals surface area contributed by atoms with E-state index >= 15 is 0 Å². The molecule has 2 aromatic carbocycles. The first-order chi connectivity index (χ1) is 13.1. The molecule has 0 saturated carbocycles. The molecule has 0 fully saturated rings. The SMILES string of the molecule is O=C=Nc1c(Cc2ccc3[nH]c(=O)oc3c2N=C=O)ccc2[nH]c(=O)oc12. The van der Waals surface area contributed by atoms with Crippen molar-refractivity contribution in [3.63, 3.8) is 0 Å². The Morgan fingerprint density at radius 1 is 0.778 bits per heavy atom. The molecule has 0 aliphatic rings. The highest BCUT2D eigenvalue weighted by Gasteiger charge is 2.17. The highest BCUT2D eigenvalue weighted by molar-refractivity contribution is 5.90. The average molecular weight is 364 g/mol. The Balaban J connectivity index is 1.94. The topological polar surface area (TPSA) is 151 Å². The second-order valence-electron chi connectivity index (χ2n) is 5.51. The van der Waals surface area contributed by atoms with Crippen LogP contribution in [0.4, 0.5) is 11.4 Å². The van der Waals surface area contributed by atoms with Crippen LogP contribution in [0.2, 0.25) is 0 Å². The van der Waals surface area contributed by atoms with Gasteiger partial charge in [0.25, 0.3) is 0 Å². The molecule has 0 aliphatic carbocycles. The molecule has 132 valence electrons. The summed E-state index contributed by atoms with van der Waals surface area (Å²) in [6.45, 7) is 0. The van der Waals surface area contributed by atoms with E-state index in [9.17, 15) is 19.2 Å². The summed E-state index contributed by atoms with van der Waals surface area (Å²) < 4.78 is 10.1. The van der Waals surface area contributed by atoms with Crippen LogP contribution in [-0.2, 0) is 16.0 Å². The second-order valence-corrected chi connectivity index (χ2v) is 5.51. The van der Waals surface area contributed by atoms with Gasteiger partial charge in [-0.25, -0.2) is 19.2 Å². The van der Waals surface area contributed by atoms with E-state index in [2.05, 4.69) is 20.0 Å². The zero-order chi connectivity index (χ0) is 19.0. The van der Waals surface area contributed by atoms with E-state index in [0.717, 1.165) is 0 Å². The Bertz CT molecular complexity index is 1300. The normalized spacial score (nSPS) is 10.7. The number of isocyanates is 2. The first-order valence-electron chi connectivity index (χ1n) is 7.56. The number of aromatic amines is 2. The third-order valence-corrected chi connectivity index (χ3v) is 3.99. The van der Waals surface area contributed by atoms with Crippen LogP contribution in [0.25, 0.3) is 22.2 Å². The fourth-order valence-electron chi connectivity index (χ4n) is 2.91. The number of fused-ring (bicyclic) bond motifs is 2. The van der Waals surface area contributed by atoms with Crippen molar-refractivity contribution in [2.24, 2.45) is 9.98 Å². The molecule has 0 unspecified atom stereocenters. The van der Waals surface area contributed by atoms with E-state index in [1.165, 1.54) is 12.2 Å². The maximum absolute atomic E-state index is 11.4. The molecule has 4 rings (SSSR count). The van der Waals surface area contributed by atoms with Crippen molar-refractivity contribution >= 4 is 45.7 Å². The van der Waals surface area contributed by atoms with Crippen LogP contribution in [0.5, 0.6) is 0 Å². The maximum atomic E-state index is 11.4. The predicted octanol–water partition coefficient (Wildman–Crippen LogP) is 2.08. The Morgan fingerprint density at radius 3 is 1.63 bits per heavy atom. The van der Waals surface area contributed by atoms with Gasteiger partial charge in [0.05, 0.1) is 11.0 Å². The van der Waals surface area contributed by atoms with Crippen molar-refractivity contribution in [3.05, 3.63) is 56.5 Å². The lowest BCUT2D eigenvalue weighted by Gasteiger charge is -2.07. The van der Waals surface area contributed by atoms with Crippen LogP contribution in [0.15, 0.2) is 52.7 Å². The highest BCUT2D eigenvalue weighted by Crippen LogP contribution is 2.34. The molecule has 10 nitrogen and oxygen atoms in total. The van der Waals surface area contributed by atoms with Crippen molar-refractivity contribution in [3.8, 4) is 0 Å². The molecule has 0 atom stereocenters. The van der Waals surface area contributed by atoms with Crippen LogP contribution in [-0.4, -0.2) is 22.1 Å². The largest absolute Gasteiger partial charge is 0.417 e. The van der Waals surface area contributed by atoms with E-state index < -0.39 is 11.5 Å². The molecule has 0 bridgehead atoms. The third-order valence-electron chi connectivity index (χ3n) is 3.99. The van der Waals surface area contributed by atoms with Crippen LogP contribution in [0.1, 0.15) is 11.1 Å². The highest BCUT2D eigenvalue weighted by atomic mass is 16.4. The van der Waals surface area contributed by atoms with Gasteiger partial charge in [-0.1, -0.05) is 12.1 Å². The van der Waals surface area contributed by atoms with Crippen molar-refractivity contribution in [1.29, 1.82) is 0 Å². The Kier molecular flexibility index (Phi) is 3.74. The van der Waals surface area contributed by atoms with E-state index in [1.54, 1.807) is 24.3 Å². The van der Waals surface area contributed by atoms with Gasteiger partial charge in [0.2, 0.25) is 12.2 Å². The lowest BCUT2D eigenvalue weighted by molar-refractivity contribution is 0.553. The number of nitrogens with zero attached hydrogens (tertiary/aromatic N) is 2. The monoisotopic (exact) mass is 364 g/mol. The van der Waals surface area contributed by atoms with E-state index in [4.69, 9.17) is 8.83 Å². The number of carbonyl (C=O) groups excluding carboxylic acids is 2. The fourth-order valence-corrected chi connectivity index (χ4v) is 2.91. The quantitative estimate of drug-likeness (QED) is 0.418. The Hall–Kier alpha value is -4.26. The minimum atomic E-state index is -0.689. The van der Waals surface area contributed by atoms with Crippen LogP contribution >= 0.6 is 0 Å². The Labute approximate surface area is 147 Å². The van der Waals surface area contributed by atoms with E-state index in [0.29, 0.717) is 22.2 Å². The summed E-state index contributed by atoms with van der Waals surface area (Å²) in [5.41, 5.74) is 2.22. The minimum Gasteiger partial charge on any atom is -0.405 e. The lowest BCUT2D eigenvalue weighted by Crippen LogP contribution is -1.92. The third kappa shape index (κ3) is 2.73. The maximum Gasteiger partial charge on any atom is 0.417 e. The standard InChI is InChI=1S/C17H8N4O6/c22-6-18-12-8(1-3-10-14(12)26-16(24)20-10)5-9-2-4-11-15(13(9)19-7-23)27-17(25)21-11/h1-4H,5H2,(H,20,24)(H,21,25). The minimum absolute atomic E-state index is 0.107. The van der Waals surface area contributed by atoms with Crippen LogP contribution in [0, 0.1) is 0 Å². The van der Waals surface area contributed by atoms with Gasteiger partial charge in [-0.2, -0.15) is 9.98 Å². The van der Waals surface area contributed by atoms with Crippen LogP contribution in [0.3, 0.4) is 0 Å². The number of hydrogen-bond acceptors (Lipinski definition) is 8. The number of aromatic nitrogens is 2. The average Bonchev–Trinajstić information content (AvgIpc) is 3.20. The summed E-state index contributed by atoms with van der Waals surface area (Å²) in [4.78, 5) is 56.8. The molecule has 2 heterocycles. The van der Waals surface area contributed by atoms with E-state index in [-0.39, 0.29) is 29.0 Å². The van der Waals surface area contributed by atoms with Gasteiger partial charge < -0.3 is 8.83 Å². The van der Waals surface area contributed by atoms with Gasteiger partial charge in [0.1, 0.15) is 11.4 Å². The zero-order valence-corrected chi connectivity index (χ0v) is 13.4. The fraction of sp³-hybridized carbons (Fsp3) is 0.0588. The molecule has 27 heavy (non-hydrogen) atoms. The summed E-state index contributed by atoms with van der Waals surface area (Å²) in [5.74, 6) is -1.38. The Morgan fingerprint density at radius 2 is 1.22 bits per heavy atom. The first kappa shape index (κ1) is 16.2. The molecular formula is C17H8N4O6. The molecule has 0 aliphatic heterocycles. The first-order valence-corrected chi connectivity index (χ1v) is 7.56. The van der Waals surface area contributed by atoms with Gasteiger partial charge in [-0.3, -0.25) is 9.97 Å². The summed E-state index contributed by atoms with van der Waals surface area (Å²) in [7, 11) is 0. The zero-order valence-electron chi connectivity index (χ0n) is 13.4. The molecule has 2 aromatic heterocycles. The molecule has 0 radical (unpaired) electrons. The number of H-pyrrole nitrogens is 2. The van der Waals surface area contributed by atoms with Crippen LogP contribution < -0.4 is 11.5 Å². The molecule has 4 aromatic rings. The molecule has 2 N–H and O–H groups in total. The van der Waals surface area contributed by atoms with Crippen molar-refractivity contribution in [2.45, 2.75) is 6.42 Å². The molecule has 0 amide bonds. The summed E-state index contributed by atoms with van der Waals surface area (Å²) >= 11 is 0. The lowest BCUT2D eigenvalue weighted by atomic mass is 10.0. The van der Waals surface area contributed by atoms with Gasteiger partial charge in [0, 0.05) is 6.42 Å². The molecule has 10 heteroatoms. The number of aliphatic imine (C=N–C) groups is 2. The van der Waals surface area contributed by atoms with Gasteiger partial charge >= 0.3 is 11.5 Å². The number of oxazole rings is 2. The molecular weight excluding hydrogens is 356 g/mol. The van der Waals surface area contributed by atoms with Gasteiger partial charge in [-0.15, -0.1) is 0 Å². The number of benzene rings is 2. The smallest absolute Gasteiger partial charge is 0.405 e. The van der Waals surface area contributed by atoms with Crippen molar-refractivity contribution in [2.75, 3.05) is 0 Å². The van der Waals surface area contributed by atoms with E-state index in [1.807, 2.05) is 0 Å². The number of hydrogen-bond donors (Lipinski definition) is 2. The second kappa shape index (κ2) is 6.23. The van der Waals surface area contributed by atoms with Gasteiger partial charge in [-0.05, 0) is 23.3 Å². The van der Waals surface area contributed by atoms with Gasteiger partial charge in [0.15, 0.2) is 11.2 Å². The number of nitrogens with one attached hydrogen (secondary N) is 2. The summed E-state index contributed by atoms with van der Waals surface area (Å²) in [5, 5.41) is 0. The number of rotatable bonds is 4.